The largest absolute Gasteiger partial charge is 0.494 e. The predicted octanol–water partition coefficient (Wildman–Crippen LogP) is 3.40. The Kier molecular flexibility index (Phi) is 5.24. The molecule has 0 aliphatic rings. The number of aromatic nitrogens is 4. The van der Waals surface area contributed by atoms with E-state index in [1.807, 2.05) is 10.7 Å². The maximum atomic E-state index is 5.88. The summed E-state index contributed by atoms with van der Waals surface area (Å²) in [4.78, 5) is 8.32. The van der Waals surface area contributed by atoms with E-state index in [4.69, 9.17) is 20.3 Å². The Labute approximate surface area is 154 Å². The summed E-state index contributed by atoms with van der Waals surface area (Å²) >= 11 is 0. The van der Waals surface area contributed by atoms with Crippen LogP contribution in [0, 0.1) is 0 Å². The molecule has 0 amide bonds. The van der Waals surface area contributed by atoms with E-state index in [1.165, 1.54) is 0 Å². The first kappa shape index (κ1) is 18.3. The highest BCUT2D eigenvalue weighted by molar-refractivity contribution is 6.76. The van der Waals surface area contributed by atoms with Gasteiger partial charge < -0.3 is 15.2 Å². The second kappa shape index (κ2) is 7.43. The normalized spacial score (nSPS) is 11.8. The summed E-state index contributed by atoms with van der Waals surface area (Å²) in [5.41, 5.74) is 8.37. The van der Waals surface area contributed by atoms with Crippen LogP contribution in [0.2, 0.25) is 25.7 Å². The van der Waals surface area contributed by atoms with E-state index in [9.17, 15) is 0 Å². The van der Waals surface area contributed by atoms with Crippen LogP contribution in [0.15, 0.2) is 30.7 Å². The second-order valence-corrected chi connectivity index (χ2v) is 13.0. The lowest BCUT2D eigenvalue weighted by Crippen LogP contribution is -2.22. The fourth-order valence-electron chi connectivity index (χ4n) is 2.67. The molecule has 0 aliphatic heterocycles. The third kappa shape index (κ3) is 4.02. The average molecular weight is 372 g/mol. The quantitative estimate of drug-likeness (QED) is 0.506. The van der Waals surface area contributed by atoms with Crippen molar-refractivity contribution in [2.24, 2.45) is 0 Å². The zero-order valence-corrected chi connectivity index (χ0v) is 16.7. The van der Waals surface area contributed by atoms with Crippen LogP contribution >= 0.6 is 0 Å². The lowest BCUT2D eigenvalue weighted by molar-refractivity contribution is 0.0818. The summed E-state index contributed by atoms with van der Waals surface area (Å²) in [6, 6.07) is 4.80. The first-order chi connectivity index (χ1) is 12.4. The molecule has 0 unspecified atom stereocenters. The van der Waals surface area contributed by atoms with Gasteiger partial charge in [-0.1, -0.05) is 19.6 Å². The van der Waals surface area contributed by atoms with Gasteiger partial charge in [-0.25, -0.2) is 9.67 Å². The number of hydrogen-bond acceptors (Lipinski definition) is 6. The third-order valence-electron chi connectivity index (χ3n) is 4.11. The molecule has 2 N–H and O–H groups in total. The van der Waals surface area contributed by atoms with Gasteiger partial charge in [-0.05, 0) is 18.2 Å². The summed E-state index contributed by atoms with van der Waals surface area (Å²) in [6.45, 7) is 8.10. The summed E-state index contributed by atoms with van der Waals surface area (Å²) in [5.74, 6) is 1.12. The van der Waals surface area contributed by atoms with Crippen molar-refractivity contribution >= 4 is 24.8 Å². The molecule has 7 nitrogen and oxygen atoms in total. The molecule has 0 radical (unpaired) electrons. The van der Waals surface area contributed by atoms with E-state index in [-0.39, 0.29) is 0 Å². The number of nitrogens with zero attached hydrogens (tertiary/aromatic N) is 4. The van der Waals surface area contributed by atoms with E-state index in [2.05, 4.69) is 29.6 Å². The highest BCUT2D eigenvalue weighted by Crippen LogP contribution is 2.34. The highest BCUT2D eigenvalue weighted by atomic mass is 28.3. The SMILES string of the molecule is COc1cncc2c1c(-c1ccnc(N)c1)nn2COCC[Si](C)(C)C. The number of hydrogen-bond donors (Lipinski definition) is 1. The van der Waals surface area contributed by atoms with Crippen LogP contribution in [0.1, 0.15) is 0 Å². The molecule has 8 heteroatoms. The number of nitrogens with two attached hydrogens (primary N) is 1. The molecule has 3 aromatic rings. The Morgan fingerprint density at radius 1 is 1.23 bits per heavy atom. The van der Waals surface area contributed by atoms with Crippen LogP contribution in [0.5, 0.6) is 5.75 Å². The molecule has 0 saturated carbocycles. The number of pyridine rings is 2. The molecule has 3 rings (SSSR count). The molecule has 0 spiro atoms. The lowest BCUT2D eigenvalue weighted by Gasteiger charge is -2.15. The van der Waals surface area contributed by atoms with Gasteiger partial charge in [-0.15, -0.1) is 0 Å². The van der Waals surface area contributed by atoms with Crippen LogP contribution in [-0.4, -0.2) is 41.5 Å². The van der Waals surface area contributed by atoms with Gasteiger partial charge in [0.15, 0.2) is 0 Å². The predicted molar refractivity (Wildman–Crippen MR) is 106 cm³/mol. The summed E-state index contributed by atoms with van der Waals surface area (Å²) in [6.07, 6.45) is 5.14. The van der Waals surface area contributed by atoms with Gasteiger partial charge in [-0.2, -0.15) is 5.10 Å². The summed E-state index contributed by atoms with van der Waals surface area (Å²) in [5, 5.41) is 5.63. The minimum absolute atomic E-state index is 0.371. The lowest BCUT2D eigenvalue weighted by atomic mass is 10.1. The zero-order chi connectivity index (χ0) is 18.7. The number of fused-ring (bicyclic) bond motifs is 1. The molecule has 0 atom stereocenters. The molecular weight excluding hydrogens is 346 g/mol. The van der Waals surface area contributed by atoms with Crippen LogP contribution in [0.3, 0.4) is 0 Å². The first-order valence-corrected chi connectivity index (χ1v) is 12.3. The van der Waals surface area contributed by atoms with Gasteiger partial charge in [0.2, 0.25) is 0 Å². The van der Waals surface area contributed by atoms with Crippen molar-refractivity contribution < 1.29 is 9.47 Å². The molecule has 3 heterocycles. The Bertz CT molecular complexity index is 904. The topological polar surface area (TPSA) is 88.1 Å². The average Bonchev–Trinajstić information content (AvgIpc) is 2.97. The van der Waals surface area contributed by atoms with Crippen molar-refractivity contribution in [3.8, 4) is 17.0 Å². The number of nitrogen functional groups attached to an aromatic ring is 1. The molecule has 0 aliphatic carbocycles. The molecule has 138 valence electrons. The first-order valence-electron chi connectivity index (χ1n) is 8.57. The number of rotatable bonds is 7. The third-order valence-corrected chi connectivity index (χ3v) is 5.82. The fourth-order valence-corrected chi connectivity index (χ4v) is 3.43. The Morgan fingerprint density at radius 3 is 2.73 bits per heavy atom. The van der Waals surface area contributed by atoms with Gasteiger partial charge in [-0.3, -0.25) is 4.98 Å². The molecular formula is C18H25N5O2Si. The molecule has 3 aromatic heterocycles. The Balaban J connectivity index is 1.97. The maximum Gasteiger partial charge on any atom is 0.148 e. The van der Waals surface area contributed by atoms with Crippen molar-refractivity contribution in [3.63, 3.8) is 0 Å². The molecule has 0 bridgehead atoms. The minimum atomic E-state index is -1.13. The van der Waals surface area contributed by atoms with Gasteiger partial charge in [0, 0.05) is 26.4 Å². The van der Waals surface area contributed by atoms with Crippen molar-refractivity contribution in [2.75, 3.05) is 19.5 Å². The van der Waals surface area contributed by atoms with Crippen molar-refractivity contribution in [2.45, 2.75) is 32.4 Å². The van der Waals surface area contributed by atoms with Crippen LogP contribution in [0.4, 0.5) is 5.82 Å². The Hall–Kier alpha value is -2.45. The van der Waals surface area contributed by atoms with E-state index in [0.717, 1.165) is 34.8 Å². The molecule has 0 saturated heterocycles. The zero-order valence-electron chi connectivity index (χ0n) is 15.7. The van der Waals surface area contributed by atoms with Crippen LogP contribution < -0.4 is 10.5 Å². The smallest absolute Gasteiger partial charge is 0.148 e. The van der Waals surface area contributed by atoms with Crippen molar-refractivity contribution in [1.82, 2.24) is 19.7 Å². The maximum absolute atomic E-state index is 5.88. The Morgan fingerprint density at radius 2 is 2.04 bits per heavy atom. The van der Waals surface area contributed by atoms with E-state index in [0.29, 0.717) is 18.3 Å². The second-order valence-electron chi connectivity index (χ2n) is 7.40. The van der Waals surface area contributed by atoms with E-state index >= 15 is 0 Å². The molecule has 0 fully saturated rings. The van der Waals surface area contributed by atoms with Gasteiger partial charge in [0.1, 0.15) is 24.0 Å². The van der Waals surface area contributed by atoms with Crippen LogP contribution in [0.25, 0.3) is 22.2 Å². The highest BCUT2D eigenvalue weighted by Gasteiger charge is 2.18. The number of ether oxygens (including phenoxy) is 2. The van der Waals surface area contributed by atoms with Crippen molar-refractivity contribution in [1.29, 1.82) is 0 Å². The summed E-state index contributed by atoms with van der Waals surface area (Å²) < 4.78 is 13.2. The molecule has 0 aromatic carbocycles. The van der Waals surface area contributed by atoms with Gasteiger partial charge in [0.25, 0.3) is 0 Å². The minimum Gasteiger partial charge on any atom is -0.494 e. The van der Waals surface area contributed by atoms with Crippen LogP contribution in [-0.2, 0) is 11.5 Å². The number of anilines is 1. The monoisotopic (exact) mass is 371 g/mol. The standard InChI is InChI=1S/C18H25N5O2Si/c1-24-15-11-20-10-14-17(15)18(13-5-6-21-16(19)9-13)22-23(14)12-25-7-8-26(2,3)4/h5-6,9-11H,7-8,12H2,1-4H3,(H2,19,21). The molecule has 26 heavy (non-hydrogen) atoms. The number of methoxy groups -OCH3 is 1. The summed E-state index contributed by atoms with van der Waals surface area (Å²) in [7, 11) is 0.503. The van der Waals surface area contributed by atoms with Crippen molar-refractivity contribution in [3.05, 3.63) is 30.7 Å². The fraction of sp³-hybridized carbons (Fsp3) is 0.389. The van der Waals surface area contributed by atoms with Gasteiger partial charge >= 0.3 is 0 Å². The van der Waals surface area contributed by atoms with E-state index < -0.39 is 8.07 Å². The van der Waals surface area contributed by atoms with Gasteiger partial charge in [0.05, 0.1) is 30.4 Å². The van der Waals surface area contributed by atoms with E-state index in [1.54, 1.807) is 31.8 Å².